The molecule has 1 fully saturated rings. The van der Waals surface area contributed by atoms with E-state index in [1.54, 1.807) is 0 Å². The van der Waals surface area contributed by atoms with Gasteiger partial charge in [-0.2, -0.15) is 0 Å². The molecule has 2 rings (SSSR count). The molecule has 74 valence electrons. The van der Waals surface area contributed by atoms with Crippen LogP contribution in [-0.4, -0.2) is 17.5 Å². The average molecular weight is 182 g/mol. The molecule has 1 heterocycles. The van der Waals surface area contributed by atoms with Gasteiger partial charge in [0.05, 0.1) is 6.10 Å². The van der Waals surface area contributed by atoms with Crippen molar-refractivity contribution >= 4 is 0 Å². The monoisotopic (exact) mass is 182 g/mol. The maximum Gasteiger partial charge on any atom is 0.164 e. The summed E-state index contributed by atoms with van der Waals surface area (Å²) >= 11 is 0. The van der Waals surface area contributed by atoms with E-state index in [2.05, 4.69) is 26.0 Å². The molecular weight excluding hydrogens is 164 g/mol. The summed E-state index contributed by atoms with van der Waals surface area (Å²) in [7, 11) is 0. The molecule has 13 heavy (non-hydrogen) atoms. The molecule has 0 unspecified atom stereocenters. The minimum Gasteiger partial charge on any atom is -0.344 e. The fraction of sp³-hybridized carbons (Fsp3) is 0.818. The average Bonchev–Trinajstić information content (AvgIpc) is 2.20. The highest BCUT2D eigenvalue weighted by atomic mass is 16.8. The van der Waals surface area contributed by atoms with Crippen molar-refractivity contribution in [1.29, 1.82) is 0 Å². The van der Waals surface area contributed by atoms with Crippen LogP contribution in [0, 0.1) is 5.92 Å². The van der Waals surface area contributed by atoms with Crippen LogP contribution in [-0.2, 0) is 9.47 Å². The van der Waals surface area contributed by atoms with Crippen molar-refractivity contribution in [2.75, 3.05) is 0 Å². The van der Waals surface area contributed by atoms with Crippen LogP contribution >= 0.6 is 0 Å². The second kappa shape index (κ2) is 2.58. The summed E-state index contributed by atoms with van der Waals surface area (Å²) in [5.41, 5.74) is -0.207. The minimum absolute atomic E-state index is 0.207. The molecule has 1 aliphatic heterocycles. The normalized spacial score (nSPS) is 47.7. The third-order valence-corrected chi connectivity index (χ3v) is 2.91. The van der Waals surface area contributed by atoms with Gasteiger partial charge in [0, 0.05) is 0 Å². The van der Waals surface area contributed by atoms with Crippen LogP contribution in [0.2, 0.25) is 0 Å². The number of allylic oxidation sites excluding steroid dienone is 1. The number of hydrogen-bond acceptors (Lipinski definition) is 2. The van der Waals surface area contributed by atoms with E-state index in [-0.39, 0.29) is 11.7 Å². The Kier molecular flexibility index (Phi) is 1.83. The first kappa shape index (κ1) is 9.22. The Labute approximate surface area is 79.9 Å². The Bertz CT molecular complexity index is 244. The summed E-state index contributed by atoms with van der Waals surface area (Å²) < 4.78 is 11.8. The lowest BCUT2D eigenvalue weighted by molar-refractivity contribution is -0.155. The van der Waals surface area contributed by atoms with E-state index in [0.29, 0.717) is 5.92 Å². The van der Waals surface area contributed by atoms with E-state index in [1.165, 1.54) is 0 Å². The molecule has 0 aromatic heterocycles. The topological polar surface area (TPSA) is 18.5 Å². The van der Waals surface area contributed by atoms with Gasteiger partial charge >= 0.3 is 0 Å². The molecule has 2 aliphatic rings. The van der Waals surface area contributed by atoms with Gasteiger partial charge in [-0.1, -0.05) is 19.1 Å². The molecule has 0 N–H and O–H groups in total. The minimum atomic E-state index is -0.428. The Morgan fingerprint density at radius 2 is 2.00 bits per heavy atom. The first-order valence-corrected chi connectivity index (χ1v) is 4.99. The number of rotatable bonds is 0. The van der Waals surface area contributed by atoms with Crippen LogP contribution in [0.25, 0.3) is 0 Å². The number of fused-ring (bicyclic) bond motifs is 1. The molecule has 3 atom stereocenters. The second-order valence-corrected chi connectivity index (χ2v) is 4.84. The second-order valence-electron chi connectivity index (χ2n) is 4.84. The van der Waals surface area contributed by atoms with Crippen molar-refractivity contribution in [1.82, 2.24) is 0 Å². The standard InChI is InChI=1S/C11H18O2/c1-8-6-5-7-11(4)9(8)12-10(2,3)13-11/h5,7-9H,6H2,1-4H3/t8-,9-,11+/m0/s1. The molecule has 2 nitrogen and oxygen atoms in total. The summed E-state index contributed by atoms with van der Waals surface area (Å²) in [5.74, 6) is 0.124. The Balaban J connectivity index is 2.30. The van der Waals surface area contributed by atoms with E-state index in [0.717, 1.165) is 6.42 Å². The highest BCUT2D eigenvalue weighted by Gasteiger charge is 2.51. The highest BCUT2D eigenvalue weighted by molar-refractivity contribution is 5.13. The summed E-state index contributed by atoms with van der Waals surface area (Å²) in [6.45, 7) is 8.30. The fourth-order valence-electron chi connectivity index (χ4n) is 2.48. The lowest BCUT2D eigenvalue weighted by atomic mass is 9.83. The van der Waals surface area contributed by atoms with Crippen molar-refractivity contribution in [3.8, 4) is 0 Å². The van der Waals surface area contributed by atoms with Gasteiger partial charge in [-0.15, -0.1) is 0 Å². The zero-order valence-corrected chi connectivity index (χ0v) is 8.83. The van der Waals surface area contributed by atoms with Gasteiger partial charge in [-0.3, -0.25) is 0 Å². The molecule has 1 aliphatic carbocycles. The van der Waals surface area contributed by atoms with Crippen molar-refractivity contribution in [3.63, 3.8) is 0 Å². The van der Waals surface area contributed by atoms with E-state index in [4.69, 9.17) is 9.47 Å². The lowest BCUT2D eigenvalue weighted by Crippen LogP contribution is -2.41. The van der Waals surface area contributed by atoms with Gasteiger partial charge in [0.15, 0.2) is 5.79 Å². The van der Waals surface area contributed by atoms with Crippen molar-refractivity contribution < 1.29 is 9.47 Å². The molecular formula is C11H18O2. The van der Waals surface area contributed by atoms with Crippen LogP contribution in [0.3, 0.4) is 0 Å². The van der Waals surface area contributed by atoms with Crippen molar-refractivity contribution in [2.24, 2.45) is 5.92 Å². The first-order chi connectivity index (χ1) is 5.93. The van der Waals surface area contributed by atoms with Crippen molar-refractivity contribution in [2.45, 2.75) is 51.6 Å². The van der Waals surface area contributed by atoms with Crippen LogP contribution in [0.5, 0.6) is 0 Å². The summed E-state index contributed by atoms with van der Waals surface area (Å²) in [6.07, 6.45) is 5.66. The van der Waals surface area contributed by atoms with E-state index < -0.39 is 5.79 Å². The molecule has 1 saturated heterocycles. The molecule has 2 heteroatoms. The molecule has 0 radical (unpaired) electrons. The predicted octanol–water partition coefficient (Wildman–Crippen LogP) is 2.49. The van der Waals surface area contributed by atoms with Gasteiger partial charge in [-0.25, -0.2) is 0 Å². The van der Waals surface area contributed by atoms with Gasteiger partial charge in [-0.05, 0) is 33.1 Å². The number of hydrogen-bond donors (Lipinski definition) is 0. The predicted molar refractivity (Wildman–Crippen MR) is 51.4 cm³/mol. The molecule has 0 amide bonds. The maximum absolute atomic E-state index is 5.90. The van der Waals surface area contributed by atoms with E-state index >= 15 is 0 Å². The maximum atomic E-state index is 5.90. The summed E-state index contributed by atoms with van der Waals surface area (Å²) in [6, 6.07) is 0. The van der Waals surface area contributed by atoms with Gasteiger partial charge in [0.25, 0.3) is 0 Å². The molecule has 0 bridgehead atoms. The zero-order chi connectivity index (χ0) is 9.69. The Hall–Kier alpha value is -0.340. The van der Waals surface area contributed by atoms with E-state index in [9.17, 15) is 0 Å². The van der Waals surface area contributed by atoms with Crippen molar-refractivity contribution in [3.05, 3.63) is 12.2 Å². The van der Waals surface area contributed by atoms with Gasteiger partial charge < -0.3 is 9.47 Å². The fourth-order valence-corrected chi connectivity index (χ4v) is 2.48. The smallest absolute Gasteiger partial charge is 0.164 e. The highest BCUT2D eigenvalue weighted by Crippen LogP contribution is 2.43. The largest absolute Gasteiger partial charge is 0.344 e. The molecule has 0 saturated carbocycles. The van der Waals surface area contributed by atoms with Crippen LogP contribution in [0.4, 0.5) is 0 Å². The van der Waals surface area contributed by atoms with Crippen LogP contribution in [0.15, 0.2) is 12.2 Å². The third-order valence-electron chi connectivity index (χ3n) is 2.91. The molecule has 0 spiro atoms. The van der Waals surface area contributed by atoms with Gasteiger partial charge in [0.2, 0.25) is 0 Å². The van der Waals surface area contributed by atoms with E-state index in [1.807, 2.05) is 13.8 Å². The molecule has 0 aromatic rings. The van der Waals surface area contributed by atoms with Gasteiger partial charge in [0.1, 0.15) is 5.60 Å². The molecule has 0 aromatic carbocycles. The van der Waals surface area contributed by atoms with Crippen LogP contribution < -0.4 is 0 Å². The summed E-state index contributed by atoms with van der Waals surface area (Å²) in [5, 5.41) is 0. The quantitative estimate of drug-likeness (QED) is 0.536. The number of ether oxygens (including phenoxy) is 2. The lowest BCUT2D eigenvalue weighted by Gasteiger charge is -2.32. The zero-order valence-electron chi connectivity index (χ0n) is 8.83. The SMILES string of the molecule is C[C@H]1CC=C[C@@]2(C)OC(C)(C)O[C@@H]12. The first-order valence-electron chi connectivity index (χ1n) is 4.99. The third kappa shape index (κ3) is 1.42. The van der Waals surface area contributed by atoms with Crippen LogP contribution in [0.1, 0.15) is 34.1 Å². The Morgan fingerprint density at radius 3 is 2.62 bits per heavy atom. The summed E-state index contributed by atoms with van der Waals surface area (Å²) in [4.78, 5) is 0. The Morgan fingerprint density at radius 1 is 1.31 bits per heavy atom.